The summed E-state index contributed by atoms with van der Waals surface area (Å²) in [6.45, 7) is 3.85. The molecule has 11 heteroatoms. The normalized spacial score (nSPS) is 13.2. The number of amides is 3. The van der Waals surface area contributed by atoms with Crippen LogP contribution in [0.3, 0.4) is 0 Å². The maximum atomic E-state index is 13.7. The fraction of sp³-hybridized carbons (Fsp3) is 0.214. The number of aryl methyl sites for hydroxylation is 2. The highest BCUT2D eigenvalue weighted by Crippen LogP contribution is 2.22. The topological polar surface area (TPSA) is 132 Å². The van der Waals surface area contributed by atoms with E-state index in [4.69, 9.17) is 0 Å². The summed E-state index contributed by atoms with van der Waals surface area (Å²) >= 11 is 0. The molecule has 5 rings (SSSR count). The Kier molecular flexibility index (Phi) is 7.13. The van der Waals surface area contributed by atoms with Crippen LogP contribution in [0.5, 0.6) is 0 Å². The quantitative estimate of drug-likeness (QED) is 0.191. The van der Waals surface area contributed by atoms with Crippen molar-refractivity contribution in [2.75, 3.05) is 18.4 Å². The van der Waals surface area contributed by atoms with E-state index in [1.165, 1.54) is 12.1 Å². The van der Waals surface area contributed by atoms with Crippen LogP contribution in [0.1, 0.15) is 44.1 Å². The minimum absolute atomic E-state index is 0.0770. The molecule has 0 saturated heterocycles. The average molecular weight is 528 g/mol. The lowest BCUT2D eigenvalue weighted by molar-refractivity contribution is -0.119. The van der Waals surface area contributed by atoms with Gasteiger partial charge in [-0.25, -0.2) is 14.4 Å². The van der Waals surface area contributed by atoms with Gasteiger partial charge in [-0.05, 0) is 62.2 Å². The lowest BCUT2D eigenvalue weighted by Crippen LogP contribution is -2.39. The summed E-state index contributed by atoms with van der Waals surface area (Å²) in [5, 5.41) is 6.43. The van der Waals surface area contributed by atoms with E-state index in [2.05, 4.69) is 30.6 Å². The van der Waals surface area contributed by atoms with E-state index in [1.807, 2.05) is 19.9 Å². The maximum absolute atomic E-state index is 13.7. The van der Waals surface area contributed by atoms with Gasteiger partial charge in [0.05, 0.1) is 11.1 Å². The number of carbonyl (C=O) groups excluding carboxylic acids is 3. The van der Waals surface area contributed by atoms with Gasteiger partial charge < -0.3 is 4.98 Å². The third kappa shape index (κ3) is 5.66. The van der Waals surface area contributed by atoms with Gasteiger partial charge in [0.1, 0.15) is 5.82 Å². The van der Waals surface area contributed by atoms with Gasteiger partial charge in [0.15, 0.2) is 0 Å². The largest absolute Gasteiger partial charge is 0.361 e. The SMILES string of the molecule is Cc1cc(C)nc(NC(=NCCc2c[nH]c3ccc(F)cc23)NC(=O)CCN2C(=O)c3ccccc3C2=O)n1. The van der Waals surface area contributed by atoms with Crippen LogP contribution in [0.2, 0.25) is 0 Å². The molecular weight excluding hydrogens is 501 g/mol. The monoisotopic (exact) mass is 527 g/mol. The highest BCUT2D eigenvalue weighted by atomic mass is 19.1. The first-order valence-corrected chi connectivity index (χ1v) is 12.4. The van der Waals surface area contributed by atoms with E-state index >= 15 is 0 Å². The molecule has 3 amide bonds. The number of anilines is 1. The number of carbonyl (C=O) groups is 3. The zero-order valence-electron chi connectivity index (χ0n) is 21.4. The van der Waals surface area contributed by atoms with Gasteiger partial charge in [-0.3, -0.25) is 34.9 Å². The molecule has 0 unspecified atom stereocenters. The van der Waals surface area contributed by atoms with Crippen molar-refractivity contribution in [3.05, 3.63) is 88.6 Å². The highest BCUT2D eigenvalue weighted by molar-refractivity contribution is 6.21. The van der Waals surface area contributed by atoms with Crippen molar-refractivity contribution in [2.45, 2.75) is 26.7 Å². The predicted octanol–water partition coefficient (Wildman–Crippen LogP) is 3.53. The Morgan fingerprint density at radius 1 is 1.03 bits per heavy atom. The summed E-state index contributed by atoms with van der Waals surface area (Å²) < 4.78 is 13.7. The Labute approximate surface area is 223 Å². The molecule has 0 saturated carbocycles. The Balaban J connectivity index is 1.28. The summed E-state index contributed by atoms with van der Waals surface area (Å²) in [6.07, 6.45) is 2.16. The number of aliphatic imine (C=N–C) groups is 1. The van der Waals surface area contributed by atoms with Crippen molar-refractivity contribution < 1.29 is 18.8 Å². The van der Waals surface area contributed by atoms with Gasteiger partial charge in [0.2, 0.25) is 17.8 Å². The molecule has 198 valence electrons. The van der Waals surface area contributed by atoms with Gasteiger partial charge >= 0.3 is 0 Å². The second kappa shape index (κ2) is 10.8. The molecule has 0 aliphatic carbocycles. The number of halogens is 1. The number of guanidine groups is 1. The molecule has 1 aliphatic heterocycles. The minimum Gasteiger partial charge on any atom is -0.361 e. The molecule has 0 bridgehead atoms. The first-order valence-electron chi connectivity index (χ1n) is 12.4. The number of imide groups is 1. The number of H-pyrrole nitrogens is 1. The van der Waals surface area contributed by atoms with Crippen molar-refractivity contribution >= 4 is 40.5 Å². The first kappa shape index (κ1) is 25.7. The second-order valence-corrected chi connectivity index (χ2v) is 9.19. The molecule has 2 aromatic heterocycles. The number of hydrogen-bond acceptors (Lipinski definition) is 6. The summed E-state index contributed by atoms with van der Waals surface area (Å²) in [4.78, 5) is 55.4. The Morgan fingerprint density at radius 2 is 1.72 bits per heavy atom. The van der Waals surface area contributed by atoms with Crippen molar-refractivity contribution in [1.82, 2.24) is 25.2 Å². The molecule has 3 heterocycles. The van der Waals surface area contributed by atoms with E-state index in [0.29, 0.717) is 17.5 Å². The van der Waals surface area contributed by atoms with E-state index < -0.39 is 17.7 Å². The van der Waals surface area contributed by atoms with E-state index in [1.54, 1.807) is 36.5 Å². The number of nitrogens with one attached hydrogen (secondary N) is 3. The number of aromatic amines is 1. The van der Waals surface area contributed by atoms with Crippen LogP contribution in [0.25, 0.3) is 10.9 Å². The van der Waals surface area contributed by atoms with Crippen LogP contribution in [-0.2, 0) is 11.2 Å². The van der Waals surface area contributed by atoms with Gasteiger partial charge in [-0.15, -0.1) is 0 Å². The molecule has 2 aromatic carbocycles. The van der Waals surface area contributed by atoms with E-state index in [-0.39, 0.29) is 37.2 Å². The highest BCUT2D eigenvalue weighted by Gasteiger charge is 2.35. The van der Waals surface area contributed by atoms with E-state index in [0.717, 1.165) is 32.8 Å². The van der Waals surface area contributed by atoms with Gasteiger partial charge in [0, 0.05) is 48.0 Å². The van der Waals surface area contributed by atoms with Crippen LogP contribution in [0, 0.1) is 19.7 Å². The van der Waals surface area contributed by atoms with E-state index in [9.17, 15) is 18.8 Å². The summed E-state index contributed by atoms with van der Waals surface area (Å²) in [6, 6.07) is 12.9. The molecule has 0 atom stereocenters. The molecule has 1 aliphatic rings. The van der Waals surface area contributed by atoms with Gasteiger partial charge in [-0.2, -0.15) is 0 Å². The van der Waals surface area contributed by atoms with Gasteiger partial charge in [-0.1, -0.05) is 12.1 Å². The fourth-order valence-corrected chi connectivity index (χ4v) is 4.49. The minimum atomic E-state index is -0.448. The van der Waals surface area contributed by atoms with Crippen LogP contribution in [-0.4, -0.2) is 56.6 Å². The zero-order valence-corrected chi connectivity index (χ0v) is 21.4. The Hall–Kier alpha value is -4.93. The number of nitrogens with zero attached hydrogens (tertiary/aromatic N) is 4. The van der Waals surface area contributed by atoms with Crippen molar-refractivity contribution in [3.63, 3.8) is 0 Å². The number of hydrogen-bond donors (Lipinski definition) is 3. The van der Waals surface area contributed by atoms with Crippen LogP contribution < -0.4 is 10.6 Å². The maximum Gasteiger partial charge on any atom is 0.261 e. The molecule has 10 nitrogen and oxygen atoms in total. The number of rotatable bonds is 7. The lowest BCUT2D eigenvalue weighted by Gasteiger charge is -2.15. The Morgan fingerprint density at radius 3 is 2.41 bits per heavy atom. The van der Waals surface area contributed by atoms with Gasteiger partial charge in [0.25, 0.3) is 11.8 Å². The molecule has 0 fully saturated rings. The second-order valence-electron chi connectivity index (χ2n) is 9.19. The third-order valence-corrected chi connectivity index (χ3v) is 6.29. The van der Waals surface area contributed by atoms with Crippen molar-refractivity contribution in [1.29, 1.82) is 0 Å². The molecule has 0 spiro atoms. The predicted molar refractivity (Wildman–Crippen MR) is 144 cm³/mol. The number of benzene rings is 2. The smallest absolute Gasteiger partial charge is 0.261 e. The summed E-state index contributed by atoms with van der Waals surface area (Å²) in [5.74, 6) is -1.23. The standard InChI is InChI=1S/C28H26FN7O3/c1-16-13-17(2)33-28(32-16)35-27(30-11-9-18-15-31-23-8-7-19(29)14-22(18)23)34-24(37)10-12-36-25(38)20-5-3-4-6-21(20)26(36)39/h3-8,13-15,31H,9-12H2,1-2H3,(H2,30,32,33,34,35,37). The number of fused-ring (bicyclic) bond motifs is 2. The van der Waals surface area contributed by atoms with Crippen LogP contribution in [0.4, 0.5) is 10.3 Å². The van der Waals surface area contributed by atoms with Crippen LogP contribution in [0.15, 0.2) is 59.7 Å². The average Bonchev–Trinajstić information content (AvgIpc) is 3.40. The van der Waals surface area contributed by atoms with Crippen molar-refractivity contribution in [3.8, 4) is 0 Å². The first-order chi connectivity index (χ1) is 18.8. The van der Waals surface area contributed by atoms with Crippen molar-refractivity contribution in [2.24, 2.45) is 4.99 Å². The summed E-state index contributed by atoms with van der Waals surface area (Å²) in [7, 11) is 0. The Bertz CT molecular complexity index is 1570. The molecule has 3 N–H and O–H groups in total. The zero-order chi connectivity index (χ0) is 27.5. The molecule has 4 aromatic rings. The third-order valence-electron chi connectivity index (χ3n) is 6.29. The summed E-state index contributed by atoms with van der Waals surface area (Å²) in [5.41, 5.74) is 3.84. The van der Waals surface area contributed by atoms with Crippen LogP contribution >= 0.6 is 0 Å². The number of aromatic nitrogens is 3. The lowest BCUT2D eigenvalue weighted by atomic mass is 10.1. The molecule has 39 heavy (non-hydrogen) atoms. The fourth-order valence-electron chi connectivity index (χ4n) is 4.49. The molecular formula is C28H26FN7O3. The molecule has 0 radical (unpaired) electrons.